The molecule has 1 aliphatic rings. The standard InChI is InChI=1S/C17H13IN2O2/c1-11-16(10-12-3-2-4-15(21)9-12)17(22)20(19-11)14-7-5-13(18)6-8-14/h2-10,21H,1H3/b16-10-. The van der Waals surface area contributed by atoms with Crippen LogP contribution in [0.5, 0.6) is 5.75 Å². The SMILES string of the molecule is CC1=NN(c2ccc(I)cc2)C(=O)/C1=C\c1cccc(O)c1. The van der Waals surface area contributed by atoms with Crippen LogP contribution in [0, 0.1) is 3.57 Å². The molecule has 0 bridgehead atoms. The van der Waals surface area contributed by atoms with Gasteiger partial charge in [-0.15, -0.1) is 0 Å². The predicted octanol–water partition coefficient (Wildman–Crippen LogP) is 3.80. The van der Waals surface area contributed by atoms with Gasteiger partial charge in [0, 0.05) is 3.57 Å². The maximum Gasteiger partial charge on any atom is 0.280 e. The Hall–Kier alpha value is -2.15. The lowest BCUT2D eigenvalue weighted by Crippen LogP contribution is -2.21. The Morgan fingerprint density at radius 1 is 1.18 bits per heavy atom. The Morgan fingerprint density at radius 2 is 1.91 bits per heavy atom. The van der Waals surface area contributed by atoms with Crippen molar-refractivity contribution in [1.82, 2.24) is 0 Å². The summed E-state index contributed by atoms with van der Waals surface area (Å²) in [5, 5.41) is 15.3. The van der Waals surface area contributed by atoms with Gasteiger partial charge in [0.2, 0.25) is 0 Å². The van der Waals surface area contributed by atoms with E-state index >= 15 is 0 Å². The molecule has 3 rings (SSSR count). The molecule has 2 aromatic carbocycles. The summed E-state index contributed by atoms with van der Waals surface area (Å²) in [7, 11) is 0. The molecule has 2 aromatic rings. The number of aromatic hydroxyl groups is 1. The van der Waals surface area contributed by atoms with Crippen LogP contribution in [-0.2, 0) is 4.79 Å². The molecule has 0 aromatic heterocycles. The smallest absolute Gasteiger partial charge is 0.280 e. The number of anilines is 1. The maximum absolute atomic E-state index is 12.6. The van der Waals surface area contributed by atoms with Crippen molar-refractivity contribution in [3.63, 3.8) is 0 Å². The molecule has 110 valence electrons. The molecule has 5 heteroatoms. The quantitative estimate of drug-likeness (QED) is 0.612. The fourth-order valence-corrected chi connectivity index (χ4v) is 2.58. The normalized spacial score (nSPS) is 16.3. The van der Waals surface area contributed by atoms with E-state index in [0.29, 0.717) is 11.3 Å². The Bertz CT molecular complexity index is 795. The molecule has 0 fully saturated rings. The summed E-state index contributed by atoms with van der Waals surface area (Å²) in [5.74, 6) is 0.00549. The molecule has 1 aliphatic heterocycles. The Kier molecular flexibility index (Phi) is 3.98. The van der Waals surface area contributed by atoms with Crippen LogP contribution < -0.4 is 5.01 Å². The minimum Gasteiger partial charge on any atom is -0.508 e. The number of carbonyl (C=O) groups excluding carboxylic acids is 1. The zero-order valence-corrected chi connectivity index (χ0v) is 14.0. The van der Waals surface area contributed by atoms with Crippen molar-refractivity contribution in [3.05, 3.63) is 63.2 Å². The van der Waals surface area contributed by atoms with E-state index in [0.717, 1.165) is 14.8 Å². The Morgan fingerprint density at radius 3 is 2.59 bits per heavy atom. The van der Waals surface area contributed by atoms with Crippen LogP contribution in [0.3, 0.4) is 0 Å². The molecule has 0 saturated carbocycles. The molecule has 0 saturated heterocycles. The summed E-state index contributed by atoms with van der Waals surface area (Å²) in [6, 6.07) is 14.4. The van der Waals surface area contributed by atoms with Crippen LogP contribution in [0.1, 0.15) is 12.5 Å². The molecule has 0 aliphatic carbocycles. The van der Waals surface area contributed by atoms with Gasteiger partial charge in [-0.1, -0.05) is 12.1 Å². The van der Waals surface area contributed by atoms with E-state index in [1.807, 2.05) is 30.3 Å². The van der Waals surface area contributed by atoms with Gasteiger partial charge in [-0.3, -0.25) is 4.79 Å². The fraction of sp³-hybridized carbons (Fsp3) is 0.0588. The number of hydrogen-bond donors (Lipinski definition) is 1. The van der Waals surface area contributed by atoms with E-state index in [-0.39, 0.29) is 11.7 Å². The predicted molar refractivity (Wildman–Crippen MR) is 95.8 cm³/mol. The monoisotopic (exact) mass is 404 g/mol. The summed E-state index contributed by atoms with van der Waals surface area (Å²) >= 11 is 2.22. The molecule has 0 radical (unpaired) electrons. The van der Waals surface area contributed by atoms with Crippen LogP contribution in [0.25, 0.3) is 6.08 Å². The molecule has 1 amide bonds. The number of rotatable bonds is 2. The molecule has 22 heavy (non-hydrogen) atoms. The second-order valence-corrected chi connectivity index (χ2v) is 6.18. The van der Waals surface area contributed by atoms with Gasteiger partial charge in [-0.05, 0) is 77.6 Å². The van der Waals surface area contributed by atoms with Crippen molar-refractivity contribution < 1.29 is 9.90 Å². The van der Waals surface area contributed by atoms with E-state index in [1.165, 1.54) is 5.01 Å². The number of phenolic OH excluding ortho intramolecular Hbond substituents is 1. The second kappa shape index (κ2) is 5.92. The number of carbonyl (C=O) groups is 1. The maximum atomic E-state index is 12.6. The highest BCUT2D eigenvalue weighted by Crippen LogP contribution is 2.26. The summed E-state index contributed by atoms with van der Waals surface area (Å²) in [6.45, 7) is 1.80. The number of halogens is 1. The summed E-state index contributed by atoms with van der Waals surface area (Å²) in [5.41, 5.74) is 2.70. The lowest BCUT2D eigenvalue weighted by molar-refractivity contribution is -0.114. The van der Waals surface area contributed by atoms with Crippen LogP contribution >= 0.6 is 22.6 Å². The lowest BCUT2D eigenvalue weighted by atomic mass is 10.1. The topological polar surface area (TPSA) is 52.9 Å². The van der Waals surface area contributed by atoms with Crippen molar-refractivity contribution in [2.75, 3.05) is 5.01 Å². The third-order valence-corrected chi connectivity index (χ3v) is 4.03. The van der Waals surface area contributed by atoms with E-state index in [4.69, 9.17) is 0 Å². The third kappa shape index (κ3) is 2.89. The zero-order valence-electron chi connectivity index (χ0n) is 11.8. The fourth-order valence-electron chi connectivity index (χ4n) is 2.22. The Labute approximate surface area is 141 Å². The first-order valence-electron chi connectivity index (χ1n) is 6.71. The lowest BCUT2D eigenvalue weighted by Gasteiger charge is -2.11. The third-order valence-electron chi connectivity index (χ3n) is 3.31. The molecule has 4 nitrogen and oxygen atoms in total. The van der Waals surface area contributed by atoms with E-state index < -0.39 is 0 Å². The van der Waals surface area contributed by atoms with Gasteiger partial charge in [0.25, 0.3) is 5.91 Å². The number of nitrogens with zero attached hydrogens (tertiary/aromatic N) is 2. The average molecular weight is 404 g/mol. The molecule has 0 spiro atoms. The number of phenols is 1. The highest BCUT2D eigenvalue weighted by molar-refractivity contribution is 14.1. The molecular weight excluding hydrogens is 391 g/mol. The zero-order chi connectivity index (χ0) is 15.7. The van der Waals surface area contributed by atoms with Gasteiger partial charge in [0.15, 0.2) is 0 Å². The summed E-state index contributed by atoms with van der Waals surface area (Å²) in [4.78, 5) is 12.6. The number of hydrazone groups is 1. The number of amides is 1. The number of hydrogen-bond acceptors (Lipinski definition) is 3. The van der Waals surface area contributed by atoms with Gasteiger partial charge < -0.3 is 5.11 Å². The highest BCUT2D eigenvalue weighted by Gasteiger charge is 2.28. The minimum absolute atomic E-state index is 0.165. The highest BCUT2D eigenvalue weighted by atomic mass is 127. The molecule has 1 N–H and O–H groups in total. The first kappa shape index (κ1) is 14.8. The van der Waals surface area contributed by atoms with Gasteiger partial charge in [-0.2, -0.15) is 10.1 Å². The molecular formula is C17H13IN2O2. The largest absolute Gasteiger partial charge is 0.508 e. The van der Waals surface area contributed by atoms with Gasteiger partial charge in [0.05, 0.1) is 17.0 Å². The van der Waals surface area contributed by atoms with Crippen LogP contribution in [0.4, 0.5) is 5.69 Å². The van der Waals surface area contributed by atoms with E-state index in [9.17, 15) is 9.90 Å². The minimum atomic E-state index is -0.165. The number of benzene rings is 2. The van der Waals surface area contributed by atoms with Crippen LogP contribution in [0.2, 0.25) is 0 Å². The van der Waals surface area contributed by atoms with Crippen molar-refractivity contribution >= 4 is 46.0 Å². The van der Waals surface area contributed by atoms with Crippen molar-refractivity contribution in [3.8, 4) is 5.75 Å². The van der Waals surface area contributed by atoms with Crippen LogP contribution in [0.15, 0.2) is 59.2 Å². The van der Waals surface area contributed by atoms with Gasteiger partial charge >= 0.3 is 0 Å². The van der Waals surface area contributed by atoms with Crippen molar-refractivity contribution in [2.24, 2.45) is 5.10 Å². The van der Waals surface area contributed by atoms with E-state index in [1.54, 1.807) is 31.2 Å². The Balaban J connectivity index is 1.94. The second-order valence-electron chi connectivity index (χ2n) is 4.93. The summed E-state index contributed by atoms with van der Waals surface area (Å²) < 4.78 is 1.10. The van der Waals surface area contributed by atoms with E-state index in [2.05, 4.69) is 27.7 Å². The van der Waals surface area contributed by atoms with Gasteiger partial charge in [0.1, 0.15) is 5.75 Å². The molecule has 1 heterocycles. The van der Waals surface area contributed by atoms with Crippen LogP contribution in [-0.4, -0.2) is 16.7 Å². The first-order valence-corrected chi connectivity index (χ1v) is 7.79. The molecule has 0 unspecified atom stereocenters. The average Bonchev–Trinajstić information content (AvgIpc) is 2.76. The van der Waals surface area contributed by atoms with Crippen molar-refractivity contribution in [2.45, 2.75) is 6.92 Å². The first-order chi connectivity index (χ1) is 10.5. The van der Waals surface area contributed by atoms with Crippen molar-refractivity contribution in [1.29, 1.82) is 0 Å². The summed E-state index contributed by atoms with van der Waals surface area (Å²) in [6.07, 6.45) is 1.74. The van der Waals surface area contributed by atoms with Gasteiger partial charge in [-0.25, -0.2) is 0 Å². The molecule has 0 atom stereocenters.